The van der Waals surface area contributed by atoms with Crippen molar-refractivity contribution in [1.82, 2.24) is 0 Å². The minimum absolute atomic E-state index is 0.487. The fraction of sp³-hybridized carbons (Fsp3) is 0.556. The Kier molecular flexibility index (Phi) is 3.71. The topological polar surface area (TPSA) is 55.5 Å². The van der Waals surface area contributed by atoms with Gasteiger partial charge in [0.05, 0.1) is 18.1 Å². The summed E-state index contributed by atoms with van der Waals surface area (Å²) >= 11 is 1.56. The van der Waals surface area contributed by atoms with E-state index < -0.39 is 6.10 Å². The zero-order valence-corrected chi connectivity index (χ0v) is 8.73. The van der Waals surface area contributed by atoms with Gasteiger partial charge in [0, 0.05) is 4.88 Å². The number of thiophene rings is 1. The number of aryl methyl sites for hydroxylation is 1. The lowest BCUT2D eigenvalue weighted by Gasteiger charge is -2.08. The second kappa shape index (κ2) is 4.60. The van der Waals surface area contributed by atoms with Crippen LogP contribution in [0, 0.1) is 6.92 Å². The number of nitrogens with two attached hydrogens (primary N) is 1. The summed E-state index contributed by atoms with van der Waals surface area (Å²) in [5.41, 5.74) is 5.37. The van der Waals surface area contributed by atoms with Gasteiger partial charge in [-0.05, 0) is 26.0 Å². The highest BCUT2D eigenvalue weighted by Crippen LogP contribution is 2.34. The predicted octanol–water partition coefficient (Wildman–Crippen LogP) is 1.45. The SMILES string of the molecule is COc1cc(C)sc1C(O)CCN. The zero-order valence-electron chi connectivity index (χ0n) is 7.91. The van der Waals surface area contributed by atoms with Crippen LogP contribution in [0.3, 0.4) is 0 Å². The Morgan fingerprint density at radius 2 is 2.38 bits per heavy atom. The summed E-state index contributed by atoms with van der Waals surface area (Å²) in [6.45, 7) is 2.48. The number of aliphatic hydroxyl groups excluding tert-OH is 1. The number of rotatable bonds is 4. The van der Waals surface area contributed by atoms with Crippen LogP contribution in [-0.2, 0) is 0 Å². The van der Waals surface area contributed by atoms with Gasteiger partial charge in [-0.25, -0.2) is 0 Å². The van der Waals surface area contributed by atoms with Gasteiger partial charge < -0.3 is 15.6 Å². The van der Waals surface area contributed by atoms with Gasteiger partial charge in [-0.1, -0.05) is 0 Å². The molecule has 1 unspecified atom stereocenters. The number of ether oxygens (including phenoxy) is 1. The van der Waals surface area contributed by atoms with Crippen LogP contribution in [0.4, 0.5) is 0 Å². The van der Waals surface area contributed by atoms with Crippen molar-refractivity contribution in [3.63, 3.8) is 0 Å². The first-order chi connectivity index (χ1) is 6.19. The van der Waals surface area contributed by atoms with E-state index in [9.17, 15) is 5.11 Å². The molecule has 1 aromatic rings. The first kappa shape index (κ1) is 10.5. The third-order valence-electron chi connectivity index (χ3n) is 1.81. The molecule has 3 N–H and O–H groups in total. The molecule has 13 heavy (non-hydrogen) atoms. The molecule has 1 heterocycles. The van der Waals surface area contributed by atoms with E-state index in [4.69, 9.17) is 10.5 Å². The van der Waals surface area contributed by atoms with Gasteiger partial charge in [-0.3, -0.25) is 0 Å². The fourth-order valence-electron chi connectivity index (χ4n) is 1.19. The van der Waals surface area contributed by atoms with Gasteiger partial charge in [0.2, 0.25) is 0 Å². The van der Waals surface area contributed by atoms with Crippen molar-refractivity contribution in [1.29, 1.82) is 0 Å². The molecule has 0 saturated heterocycles. The maximum absolute atomic E-state index is 9.70. The first-order valence-electron chi connectivity index (χ1n) is 4.21. The van der Waals surface area contributed by atoms with Crippen molar-refractivity contribution in [2.75, 3.05) is 13.7 Å². The second-order valence-electron chi connectivity index (χ2n) is 2.88. The third kappa shape index (κ3) is 2.43. The Labute approximate surface area is 82.1 Å². The summed E-state index contributed by atoms with van der Waals surface area (Å²) in [5.74, 6) is 0.767. The molecule has 0 aliphatic carbocycles. The lowest BCUT2D eigenvalue weighted by molar-refractivity contribution is 0.170. The summed E-state index contributed by atoms with van der Waals surface area (Å²) < 4.78 is 5.14. The number of hydrogen-bond donors (Lipinski definition) is 2. The quantitative estimate of drug-likeness (QED) is 0.775. The highest BCUT2D eigenvalue weighted by molar-refractivity contribution is 7.12. The molecule has 0 aliphatic rings. The largest absolute Gasteiger partial charge is 0.495 e. The summed E-state index contributed by atoms with van der Waals surface area (Å²) in [6.07, 6.45) is 0.0923. The molecule has 0 amide bonds. The van der Waals surface area contributed by atoms with Crippen LogP contribution in [-0.4, -0.2) is 18.8 Å². The minimum Gasteiger partial charge on any atom is -0.495 e. The van der Waals surface area contributed by atoms with E-state index in [0.29, 0.717) is 13.0 Å². The molecule has 0 saturated carbocycles. The molecule has 0 fully saturated rings. The van der Waals surface area contributed by atoms with Crippen molar-refractivity contribution in [2.45, 2.75) is 19.4 Å². The maximum Gasteiger partial charge on any atom is 0.135 e. The number of methoxy groups -OCH3 is 1. The molecule has 1 aromatic heterocycles. The molecule has 0 bridgehead atoms. The summed E-state index contributed by atoms with van der Waals surface area (Å²) in [7, 11) is 1.61. The molecule has 1 rings (SSSR count). The highest BCUT2D eigenvalue weighted by atomic mass is 32.1. The molecular formula is C9H15NO2S. The van der Waals surface area contributed by atoms with Gasteiger partial charge in [0.25, 0.3) is 0 Å². The van der Waals surface area contributed by atoms with Gasteiger partial charge in [-0.15, -0.1) is 11.3 Å². The van der Waals surface area contributed by atoms with E-state index >= 15 is 0 Å². The van der Waals surface area contributed by atoms with E-state index in [0.717, 1.165) is 15.5 Å². The van der Waals surface area contributed by atoms with Crippen LogP contribution >= 0.6 is 11.3 Å². The molecule has 0 aromatic carbocycles. The standard InChI is InChI=1S/C9H15NO2S/c1-6-5-8(12-2)9(13-6)7(11)3-4-10/h5,7,11H,3-4,10H2,1-2H3. The first-order valence-corrected chi connectivity index (χ1v) is 5.03. The van der Waals surface area contributed by atoms with Gasteiger partial charge in [0.15, 0.2) is 0 Å². The fourth-order valence-corrected chi connectivity index (χ4v) is 2.20. The molecule has 74 valence electrons. The molecule has 4 heteroatoms. The molecule has 1 atom stereocenters. The molecule has 0 aliphatic heterocycles. The van der Waals surface area contributed by atoms with E-state index in [1.165, 1.54) is 0 Å². The number of hydrogen-bond acceptors (Lipinski definition) is 4. The minimum atomic E-state index is -0.487. The van der Waals surface area contributed by atoms with Crippen molar-refractivity contribution < 1.29 is 9.84 Å². The Bertz CT molecular complexity index is 273. The second-order valence-corrected chi connectivity index (χ2v) is 4.17. The summed E-state index contributed by atoms with van der Waals surface area (Å²) in [6, 6.07) is 1.93. The van der Waals surface area contributed by atoms with Gasteiger partial charge >= 0.3 is 0 Å². The van der Waals surface area contributed by atoms with Crippen LogP contribution in [0.25, 0.3) is 0 Å². The van der Waals surface area contributed by atoms with E-state index in [1.807, 2.05) is 13.0 Å². The average Bonchev–Trinajstić information content (AvgIpc) is 2.47. The van der Waals surface area contributed by atoms with Crippen molar-refractivity contribution in [2.24, 2.45) is 5.73 Å². The van der Waals surface area contributed by atoms with Crippen LogP contribution in [0.15, 0.2) is 6.07 Å². The Balaban J connectivity index is 2.84. The summed E-state index contributed by atoms with van der Waals surface area (Å²) in [4.78, 5) is 2.02. The van der Waals surface area contributed by atoms with E-state index in [2.05, 4.69) is 0 Å². The lowest BCUT2D eigenvalue weighted by atomic mass is 10.2. The molecular weight excluding hydrogens is 186 g/mol. The Morgan fingerprint density at radius 3 is 2.92 bits per heavy atom. The van der Waals surface area contributed by atoms with Crippen LogP contribution in [0.1, 0.15) is 22.3 Å². The number of aliphatic hydroxyl groups is 1. The van der Waals surface area contributed by atoms with E-state index in [-0.39, 0.29) is 0 Å². The molecule has 3 nitrogen and oxygen atoms in total. The van der Waals surface area contributed by atoms with Crippen molar-refractivity contribution >= 4 is 11.3 Å². The molecule has 0 spiro atoms. The lowest BCUT2D eigenvalue weighted by Crippen LogP contribution is -2.06. The zero-order chi connectivity index (χ0) is 9.84. The summed E-state index contributed by atoms with van der Waals surface area (Å²) in [5, 5.41) is 9.70. The van der Waals surface area contributed by atoms with E-state index in [1.54, 1.807) is 18.4 Å². The van der Waals surface area contributed by atoms with Crippen LogP contribution < -0.4 is 10.5 Å². The Hall–Kier alpha value is -0.580. The molecule has 0 radical (unpaired) electrons. The Morgan fingerprint density at radius 1 is 1.69 bits per heavy atom. The smallest absolute Gasteiger partial charge is 0.135 e. The normalized spacial score (nSPS) is 12.9. The maximum atomic E-state index is 9.70. The average molecular weight is 201 g/mol. The highest BCUT2D eigenvalue weighted by Gasteiger charge is 2.15. The predicted molar refractivity (Wildman–Crippen MR) is 54.2 cm³/mol. The third-order valence-corrected chi connectivity index (χ3v) is 2.94. The van der Waals surface area contributed by atoms with Crippen LogP contribution in [0.5, 0.6) is 5.75 Å². The van der Waals surface area contributed by atoms with Gasteiger partial charge in [-0.2, -0.15) is 0 Å². The van der Waals surface area contributed by atoms with Crippen LogP contribution in [0.2, 0.25) is 0 Å². The monoisotopic (exact) mass is 201 g/mol. The van der Waals surface area contributed by atoms with Crippen molar-refractivity contribution in [3.05, 3.63) is 15.8 Å². The van der Waals surface area contributed by atoms with Gasteiger partial charge in [0.1, 0.15) is 5.75 Å². The van der Waals surface area contributed by atoms with Crippen molar-refractivity contribution in [3.8, 4) is 5.75 Å².